The van der Waals surface area contributed by atoms with Crippen LogP contribution >= 0.6 is 0 Å². The van der Waals surface area contributed by atoms with Crippen molar-refractivity contribution in [3.63, 3.8) is 0 Å². The van der Waals surface area contributed by atoms with E-state index in [0.717, 1.165) is 49.9 Å². The number of hydrogen-bond donors (Lipinski definition) is 2. The van der Waals surface area contributed by atoms with Crippen molar-refractivity contribution < 1.29 is 0 Å². The predicted molar refractivity (Wildman–Crippen MR) is 123 cm³/mol. The highest BCUT2D eigenvalue weighted by atomic mass is 15.2. The Hall–Kier alpha value is -2.86. The summed E-state index contributed by atoms with van der Waals surface area (Å²) in [6, 6.07) is 15.3. The number of rotatable bonds is 6. The lowest BCUT2D eigenvalue weighted by Gasteiger charge is -2.34. The molecule has 4 rings (SSSR count). The second-order valence-corrected chi connectivity index (χ2v) is 8.11. The molecule has 1 fully saturated rings. The minimum Gasteiger partial charge on any atom is -0.356 e. The van der Waals surface area contributed by atoms with Gasteiger partial charge in [-0.15, -0.1) is 0 Å². The summed E-state index contributed by atoms with van der Waals surface area (Å²) in [6.45, 7) is 6.12. The Morgan fingerprint density at radius 2 is 2.07 bits per heavy atom. The Morgan fingerprint density at radius 1 is 1.20 bits per heavy atom. The van der Waals surface area contributed by atoms with Gasteiger partial charge in [-0.05, 0) is 43.5 Å². The molecule has 0 saturated carbocycles. The van der Waals surface area contributed by atoms with Crippen LogP contribution in [0.5, 0.6) is 0 Å². The molecule has 2 N–H and O–H groups in total. The molecule has 3 heterocycles. The van der Waals surface area contributed by atoms with Crippen LogP contribution in [-0.2, 0) is 13.0 Å². The zero-order valence-electron chi connectivity index (χ0n) is 18.0. The van der Waals surface area contributed by atoms with Gasteiger partial charge in [-0.3, -0.25) is 9.89 Å². The van der Waals surface area contributed by atoms with Crippen LogP contribution in [0.25, 0.3) is 5.65 Å². The number of pyridine rings is 1. The Balaban J connectivity index is 1.26. The lowest BCUT2D eigenvalue weighted by Crippen LogP contribution is -2.51. The summed E-state index contributed by atoms with van der Waals surface area (Å²) in [7, 11) is 1.84. The number of aryl methyl sites for hydroxylation is 1. The van der Waals surface area contributed by atoms with Gasteiger partial charge < -0.3 is 15.0 Å². The fraction of sp³-hybridized carbons (Fsp3) is 0.417. The largest absolute Gasteiger partial charge is 0.356 e. The van der Waals surface area contributed by atoms with Crippen molar-refractivity contribution in [2.75, 3.05) is 26.7 Å². The Morgan fingerprint density at radius 3 is 2.87 bits per heavy atom. The van der Waals surface area contributed by atoms with Crippen molar-refractivity contribution in [2.24, 2.45) is 4.99 Å². The number of piperidine rings is 1. The molecule has 0 bridgehead atoms. The lowest BCUT2D eigenvalue weighted by atomic mass is 10.0. The molecule has 1 atom stereocenters. The van der Waals surface area contributed by atoms with Crippen LogP contribution in [-0.4, -0.2) is 53.0 Å². The van der Waals surface area contributed by atoms with Crippen LogP contribution in [0, 0.1) is 6.92 Å². The molecule has 0 radical (unpaired) electrons. The third-order valence-electron chi connectivity index (χ3n) is 5.72. The van der Waals surface area contributed by atoms with E-state index in [9.17, 15) is 0 Å². The van der Waals surface area contributed by atoms with Crippen molar-refractivity contribution in [1.29, 1.82) is 0 Å². The average molecular weight is 405 g/mol. The second kappa shape index (κ2) is 9.76. The summed E-state index contributed by atoms with van der Waals surface area (Å²) in [4.78, 5) is 11.7. The van der Waals surface area contributed by atoms with Crippen LogP contribution in [0.15, 0.2) is 59.9 Å². The van der Waals surface area contributed by atoms with E-state index >= 15 is 0 Å². The van der Waals surface area contributed by atoms with Crippen LogP contribution in [0.4, 0.5) is 0 Å². The van der Waals surface area contributed by atoms with Gasteiger partial charge in [-0.2, -0.15) is 0 Å². The third kappa shape index (κ3) is 5.19. The molecule has 0 spiro atoms. The molecule has 1 aliphatic rings. The molecule has 1 saturated heterocycles. The maximum absolute atomic E-state index is 4.76. The predicted octanol–water partition coefficient (Wildman–Crippen LogP) is 3.01. The maximum atomic E-state index is 4.76. The van der Waals surface area contributed by atoms with Crippen LogP contribution in [0.2, 0.25) is 0 Å². The molecule has 1 aliphatic heterocycles. The minimum absolute atomic E-state index is 0.423. The molecule has 158 valence electrons. The van der Waals surface area contributed by atoms with E-state index < -0.39 is 0 Å². The van der Waals surface area contributed by atoms with Gasteiger partial charge in [0.15, 0.2) is 5.96 Å². The number of nitrogens with zero attached hydrogens (tertiary/aromatic N) is 4. The Labute approximate surface area is 179 Å². The molecule has 3 aromatic rings. The standard InChI is InChI=1S/C24H32N6/c1-19-8-6-15-30-18-22(27-23(19)30)12-13-26-24(25-2)28-21-11-7-14-29(17-21)16-20-9-4-3-5-10-20/h3-6,8-10,15,18,21H,7,11-14,16-17H2,1-2H3,(H2,25,26,28). The van der Waals surface area contributed by atoms with Crippen LogP contribution in [0.1, 0.15) is 29.7 Å². The van der Waals surface area contributed by atoms with Crippen LogP contribution in [0.3, 0.4) is 0 Å². The lowest BCUT2D eigenvalue weighted by molar-refractivity contribution is 0.192. The first-order chi connectivity index (χ1) is 14.7. The highest BCUT2D eigenvalue weighted by Crippen LogP contribution is 2.14. The highest BCUT2D eigenvalue weighted by Gasteiger charge is 2.20. The van der Waals surface area contributed by atoms with Crippen molar-refractivity contribution in [3.8, 4) is 0 Å². The summed E-state index contributed by atoms with van der Waals surface area (Å²) < 4.78 is 2.10. The van der Waals surface area contributed by atoms with E-state index in [4.69, 9.17) is 4.98 Å². The summed E-state index contributed by atoms with van der Waals surface area (Å²) >= 11 is 0. The van der Waals surface area contributed by atoms with E-state index in [2.05, 4.69) is 86.7 Å². The maximum Gasteiger partial charge on any atom is 0.191 e. The van der Waals surface area contributed by atoms with E-state index in [-0.39, 0.29) is 0 Å². The number of imidazole rings is 1. The molecular weight excluding hydrogens is 372 g/mol. The van der Waals surface area contributed by atoms with E-state index in [0.29, 0.717) is 6.04 Å². The number of nitrogens with one attached hydrogen (secondary N) is 2. The second-order valence-electron chi connectivity index (χ2n) is 8.11. The van der Waals surface area contributed by atoms with Crippen molar-refractivity contribution in [1.82, 2.24) is 24.9 Å². The van der Waals surface area contributed by atoms with E-state index in [1.165, 1.54) is 24.0 Å². The van der Waals surface area contributed by atoms with Crippen molar-refractivity contribution in [2.45, 2.75) is 38.8 Å². The fourth-order valence-corrected chi connectivity index (χ4v) is 4.18. The minimum atomic E-state index is 0.423. The van der Waals surface area contributed by atoms with Gasteiger partial charge in [0.05, 0.1) is 5.69 Å². The molecule has 1 unspecified atom stereocenters. The van der Waals surface area contributed by atoms with Gasteiger partial charge >= 0.3 is 0 Å². The SMILES string of the molecule is CN=C(NCCc1cn2cccc(C)c2n1)NC1CCCN(Cc2ccccc2)C1. The zero-order chi connectivity index (χ0) is 20.8. The van der Waals surface area contributed by atoms with Gasteiger partial charge in [0, 0.05) is 51.5 Å². The van der Waals surface area contributed by atoms with Gasteiger partial charge in [0.1, 0.15) is 5.65 Å². The molecule has 0 aliphatic carbocycles. The first-order valence-electron chi connectivity index (χ1n) is 10.9. The van der Waals surface area contributed by atoms with E-state index in [1.54, 1.807) is 0 Å². The number of hydrogen-bond acceptors (Lipinski definition) is 3. The summed E-state index contributed by atoms with van der Waals surface area (Å²) in [6.07, 6.45) is 7.42. The first-order valence-corrected chi connectivity index (χ1v) is 10.9. The van der Waals surface area contributed by atoms with Gasteiger partial charge in [0.25, 0.3) is 0 Å². The highest BCUT2D eigenvalue weighted by molar-refractivity contribution is 5.80. The summed E-state index contributed by atoms with van der Waals surface area (Å²) in [5.41, 5.74) is 4.71. The molecule has 6 nitrogen and oxygen atoms in total. The molecular formula is C24H32N6. The third-order valence-corrected chi connectivity index (χ3v) is 5.72. The Kier molecular flexibility index (Phi) is 6.64. The molecule has 30 heavy (non-hydrogen) atoms. The zero-order valence-corrected chi connectivity index (χ0v) is 18.0. The normalized spacial score (nSPS) is 17.9. The molecule has 6 heteroatoms. The van der Waals surface area contributed by atoms with Crippen molar-refractivity contribution >= 4 is 11.6 Å². The molecule has 0 amide bonds. The fourth-order valence-electron chi connectivity index (χ4n) is 4.18. The first kappa shape index (κ1) is 20.4. The van der Waals surface area contributed by atoms with E-state index in [1.807, 2.05) is 7.05 Å². The number of guanidine groups is 1. The number of fused-ring (bicyclic) bond motifs is 1. The van der Waals surface area contributed by atoms with Crippen LogP contribution < -0.4 is 10.6 Å². The molecule has 1 aromatic carbocycles. The Bertz CT molecular complexity index is 978. The number of aromatic nitrogens is 2. The quantitative estimate of drug-likeness (QED) is 0.490. The van der Waals surface area contributed by atoms with Gasteiger partial charge in [0.2, 0.25) is 0 Å². The number of benzene rings is 1. The summed E-state index contributed by atoms with van der Waals surface area (Å²) in [5.74, 6) is 0.876. The topological polar surface area (TPSA) is 57.0 Å². The smallest absolute Gasteiger partial charge is 0.191 e. The number of aliphatic imine (C=N–C) groups is 1. The monoisotopic (exact) mass is 404 g/mol. The molecule has 2 aromatic heterocycles. The number of likely N-dealkylation sites (tertiary alicyclic amines) is 1. The van der Waals surface area contributed by atoms with Gasteiger partial charge in [-0.1, -0.05) is 36.4 Å². The summed E-state index contributed by atoms with van der Waals surface area (Å²) in [5, 5.41) is 7.07. The van der Waals surface area contributed by atoms with Gasteiger partial charge in [-0.25, -0.2) is 4.98 Å². The van der Waals surface area contributed by atoms with Crippen molar-refractivity contribution in [3.05, 3.63) is 71.7 Å². The average Bonchev–Trinajstić information content (AvgIpc) is 3.18.